The Morgan fingerprint density at radius 1 is 1.33 bits per heavy atom. The number of nitro groups is 1. The summed E-state index contributed by atoms with van der Waals surface area (Å²) in [5, 5.41) is 19.0. The molecule has 0 N–H and O–H groups in total. The molecule has 2 heterocycles. The third kappa shape index (κ3) is 2.75. The van der Waals surface area contributed by atoms with Gasteiger partial charge in [-0.3, -0.25) is 14.8 Å². The maximum atomic E-state index is 13.6. The molecule has 0 unspecified atom stereocenters. The fraction of sp³-hybridized carbons (Fsp3) is 0.267. The minimum absolute atomic E-state index is 0.0321. The summed E-state index contributed by atoms with van der Waals surface area (Å²) >= 11 is 0. The molecule has 124 valence electrons. The predicted octanol–water partition coefficient (Wildman–Crippen LogP) is 2.95. The van der Waals surface area contributed by atoms with Crippen molar-refractivity contribution in [3.8, 4) is 11.4 Å². The van der Waals surface area contributed by atoms with Crippen LogP contribution in [0.4, 0.5) is 10.1 Å². The van der Waals surface area contributed by atoms with Crippen LogP contribution in [0.25, 0.3) is 11.4 Å². The van der Waals surface area contributed by atoms with E-state index in [-0.39, 0.29) is 29.8 Å². The highest BCUT2D eigenvalue weighted by Gasteiger charge is 2.23. The normalized spacial score (nSPS) is 11.0. The number of hydrogen-bond acceptors (Lipinski definition) is 6. The fourth-order valence-electron chi connectivity index (χ4n) is 2.40. The van der Waals surface area contributed by atoms with Crippen LogP contribution in [0.3, 0.4) is 0 Å². The molecule has 0 atom stereocenters. The van der Waals surface area contributed by atoms with Crippen LogP contribution in [0.5, 0.6) is 0 Å². The molecule has 0 spiro atoms. The van der Waals surface area contributed by atoms with Gasteiger partial charge in [-0.15, -0.1) is 0 Å². The second kappa shape index (κ2) is 5.84. The van der Waals surface area contributed by atoms with Gasteiger partial charge in [0.15, 0.2) is 0 Å². The largest absolute Gasteiger partial charge is 0.337 e. The van der Waals surface area contributed by atoms with Crippen LogP contribution in [0.15, 0.2) is 22.7 Å². The summed E-state index contributed by atoms with van der Waals surface area (Å²) in [7, 11) is 0. The van der Waals surface area contributed by atoms with Gasteiger partial charge in [-0.25, -0.2) is 4.39 Å². The predicted molar refractivity (Wildman–Crippen MR) is 81.9 cm³/mol. The molecule has 3 aromatic rings. The Morgan fingerprint density at radius 3 is 2.71 bits per heavy atom. The maximum Gasteiger partial charge on any atom is 0.312 e. The van der Waals surface area contributed by atoms with Crippen LogP contribution < -0.4 is 0 Å². The van der Waals surface area contributed by atoms with Crippen LogP contribution in [-0.4, -0.2) is 24.8 Å². The number of nitrogens with zero attached hydrogens (tertiary/aromatic N) is 5. The Hall–Kier alpha value is -3.10. The lowest BCUT2D eigenvalue weighted by atomic mass is 10.1. The fourth-order valence-corrected chi connectivity index (χ4v) is 2.40. The molecule has 0 aliphatic rings. The Morgan fingerprint density at radius 2 is 2.08 bits per heavy atom. The Balaban J connectivity index is 1.88. The van der Waals surface area contributed by atoms with Gasteiger partial charge < -0.3 is 4.52 Å². The number of rotatable bonds is 4. The van der Waals surface area contributed by atoms with Crippen molar-refractivity contribution in [2.75, 3.05) is 0 Å². The standard InChI is InChI=1S/C15H14FN5O3/c1-8-4-5-11(6-12(8)16)15-17-13(24-19-15)7-20-10(3)14(21(22)23)9(2)18-20/h4-6H,7H2,1-3H3. The number of hydrogen-bond donors (Lipinski definition) is 0. The first-order valence-corrected chi connectivity index (χ1v) is 7.14. The van der Waals surface area contributed by atoms with E-state index in [2.05, 4.69) is 15.2 Å². The van der Waals surface area contributed by atoms with Crippen LogP contribution >= 0.6 is 0 Å². The zero-order valence-corrected chi connectivity index (χ0v) is 13.3. The zero-order valence-electron chi connectivity index (χ0n) is 13.3. The third-order valence-electron chi connectivity index (χ3n) is 3.71. The van der Waals surface area contributed by atoms with Crippen molar-refractivity contribution in [1.29, 1.82) is 0 Å². The van der Waals surface area contributed by atoms with Gasteiger partial charge in [0.25, 0.3) is 0 Å². The molecule has 24 heavy (non-hydrogen) atoms. The lowest BCUT2D eigenvalue weighted by molar-refractivity contribution is -0.386. The van der Waals surface area contributed by atoms with Crippen molar-refractivity contribution in [2.45, 2.75) is 27.3 Å². The number of aryl methyl sites for hydroxylation is 2. The van der Waals surface area contributed by atoms with Gasteiger partial charge in [0, 0.05) is 5.56 Å². The molecule has 0 saturated heterocycles. The second-order valence-electron chi connectivity index (χ2n) is 5.41. The van der Waals surface area contributed by atoms with Crippen molar-refractivity contribution in [2.24, 2.45) is 0 Å². The number of halogens is 1. The van der Waals surface area contributed by atoms with Crippen LogP contribution in [-0.2, 0) is 6.54 Å². The summed E-state index contributed by atoms with van der Waals surface area (Å²) in [6, 6.07) is 4.66. The van der Waals surface area contributed by atoms with Crippen molar-refractivity contribution in [3.63, 3.8) is 0 Å². The first-order chi connectivity index (χ1) is 11.4. The molecule has 3 rings (SSSR count). The Labute approximate surface area is 136 Å². The van der Waals surface area contributed by atoms with E-state index in [4.69, 9.17) is 4.52 Å². The molecule has 8 nitrogen and oxygen atoms in total. The minimum Gasteiger partial charge on any atom is -0.337 e. The van der Waals surface area contributed by atoms with Crippen molar-refractivity contribution >= 4 is 5.69 Å². The molecular formula is C15H14FN5O3. The van der Waals surface area contributed by atoms with Crippen LogP contribution in [0.1, 0.15) is 22.8 Å². The highest BCUT2D eigenvalue weighted by atomic mass is 19.1. The highest BCUT2D eigenvalue weighted by Crippen LogP contribution is 2.23. The average Bonchev–Trinajstić information content (AvgIpc) is 3.07. The maximum absolute atomic E-state index is 13.6. The van der Waals surface area contributed by atoms with Gasteiger partial charge in [-0.1, -0.05) is 17.3 Å². The van der Waals surface area contributed by atoms with Crippen molar-refractivity contribution < 1.29 is 13.8 Å². The first kappa shape index (κ1) is 15.8. The number of benzene rings is 1. The smallest absolute Gasteiger partial charge is 0.312 e. The quantitative estimate of drug-likeness (QED) is 0.538. The molecule has 0 saturated carbocycles. The monoisotopic (exact) mass is 331 g/mol. The summed E-state index contributed by atoms with van der Waals surface area (Å²) in [5.74, 6) is 0.124. The molecule has 9 heteroatoms. The topological polar surface area (TPSA) is 99.9 Å². The minimum atomic E-state index is -0.470. The molecule has 1 aromatic carbocycles. The molecule has 2 aromatic heterocycles. The van der Waals surface area contributed by atoms with E-state index < -0.39 is 4.92 Å². The number of aromatic nitrogens is 4. The molecular weight excluding hydrogens is 317 g/mol. The van der Waals surface area contributed by atoms with Crippen LogP contribution in [0.2, 0.25) is 0 Å². The van der Waals surface area contributed by atoms with Crippen LogP contribution in [0, 0.1) is 36.7 Å². The SMILES string of the molecule is Cc1ccc(-c2noc(Cn3nc(C)c([N+](=O)[O-])c3C)n2)cc1F. The van der Waals surface area contributed by atoms with E-state index in [0.717, 1.165) is 0 Å². The molecule has 0 radical (unpaired) electrons. The Bertz CT molecular complexity index is 931. The second-order valence-corrected chi connectivity index (χ2v) is 5.41. The summed E-state index contributed by atoms with van der Waals surface area (Å²) in [6.07, 6.45) is 0. The van der Waals surface area contributed by atoms with E-state index in [1.165, 1.54) is 10.7 Å². The molecule has 0 fully saturated rings. The summed E-state index contributed by atoms with van der Waals surface area (Å²) in [4.78, 5) is 14.7. The lowest BCUT2D eigenvalue weighted by Crippen LogP contribution is -2.04. The molecule has 0 amide bonds. The summed E-state index contributed by atoms with van der Waals surface area (Å²) in [5.41, 5.74) is 1.71. The van der Waals surface area contributed by atoms with E-state index in [1.807, 2.05) is 0 Å². The molecule has 0 bridgehead atoms. The summed E-state index contributed by atoms with van der Waals surface area (Å²) in [6.45, 7) is 4.93. The van der Waals surface area contributed by atoms with E-state index in [0.29, 0.717) is 22.5 Å². The zero-order chi connectivity index (χ0) is 17.4. The van der Waals surface area contributed by atoms with Gasteiger partial charge in [0.2, 0.25) is 11.7 Å². The highest BCUT2D eigenvalue weighted by molar-refractivity contribution is 5.54. The van der Waals surface area contributed by atoms with E-state index >= 15 is 0 Å². The van der Waals surface area contributed by atoms with Gasteiger partial charge in [-0.05, 0) is 32.4 Å². The molecule has 0 aliphatic heterocycles. The van der Waals surface area contributed by atoms with Crippen molar-refractivity contribution in [3.05, 3.63) is 57.0 Å². The summed E-state index contributed by atoms with van der Waals surface area (Å²) < 4.78 is 20.2. The first-order valence-electron chi connectivity index (χ1n) is 7.14. The van der Waals surface area contributed by atoms with Gasteiger partial charge in [0.05, 0.1) is 4.92 Å². The third-order valence-corrected chi connectivity index (χ3v) is 3.71. The Kier molecular flexibility index (Phi) is 3.84. The van der Waals surface area contributed by atoms with E-state index in [9.17, 15) is 14.5 Å². The lowest BCUT2D eigenvalue weighted by Gasteiger charge is -1.99. The molecule has 0 aliphatic carbocycles. The van der Waals surface area contributed by atoms with Crippen molar-refractivity contribution in [1.82, 2.24) is 19.9 Å². The van der Waals surface area contributed by atoms with E-state index in [1.54, 1.807) is 32.9 Å². The average molecular weight is 331 g/mol. The van der Waals surface area contributed by atoms with Gasteiger partial charge in [-0.2, -0.15) is 10.1 Å². The van der Waals surface area contributed by atoms with Gasteiger partial charge in [0.1, 0.15) is 23.7 Å². The van der Waals surface area contributed by atoms with Gasteiger partial charge >= 0.3 is 5.69 Å².